The Morgan fingerprint density at radius 3 is 2.37 bits per heavy atom. The third kappa shape index (κ3) is 8.98. The SMILES string of the molecule is Cc1ccc(CO[C@H](C)[C@H](CCC(N)=O)NC(=O)[C@@H]2C3C(C)C3CN2C(=O)[C@H](CC(C)C)NC(=O)c2cc3cc(C(=O)P(=O)(O)O)ccc3[nH]2)cc1. The van der Waals surface area contributed by atoms with Gasteiger partial charge in [0.1, 0.15) is 17.8 Å². The summed E-state index contributed by atoms with van der Waals surface area (Å²) in [5.74, 6) is -1.52. The maximum Gasteiger partial charge on any atom is 0.396 e. The van der Waals surface area contributed by atoms with Crippen LogP contribution in [0.3, 0.4) is 0 Å². The predicted octanol–water partition coefficient (Wildman–Crippen LogP) is 3.39. The largest absolute Gasteiger partial charge is 0.396 e. The van der Waals surface area contributed by atoms with E-state index in [1.807, 2.05) is 52.0 Å². The van der Waals surface area contributed by atoms with Crippen LogP contribution in [0, 0.1) is 30.6 Å². The summed E-state index contributed by atoms with van der Waals surface area (Å²) < 4.78 is 17.6. The summed E-state index contributed by atoms with van der Waals surface area (Å²) in [7, 11) is -5.00. The van der Waals surface area contributed by atoms with Crippen LogP contribution >= 0.6 is 7.60 Å². The molecule has 2 aromatic carbocycles. The van der Waals surface area contributed by atoms with Crippen molar-refractivity contribution in [2.75, 3.05) is 6.54 Å². The van der Waals surface area contributed by atoms with Crippen molar-refractivity contribution in [3.8, 4) is 0 Å². The summed E-state index contributed by atoms with van der Waals surface area (Å²) in [6, 6.07) is 11.0. The maximum absolute atomic E-state index is 14.3. The van der Waals surface area contributed by atoms with Crippen molar-refractivity contribution in [1.82, 2.24) is 20.5 Å². The number of aromatic nitrogens is 1. The van der Waals surface area contributed by atoms with Crippen molar-refractivity contribution in [2.24, 2.45) is 29.4 Å². The summed E-state index contributed by atoms with van der Waals surface area (Å²) in [6.45, 7) is 10.4. The molecule has 280 valence electrons. The molecule has 0 radical (unpaired) electrons. The lowest BCUT2D eigenvalue weighted by Crippen LogP contribution is -2.57. The average Bonchev–Trinajstić information content (AvgIpc) is 3.40. The molecule has 5 rings (SSSR count). The number of primary amides is 1. The van der Waals surface area contributed by atoms with E-state index in [4.69, 9.17) is 10.5 Å². The highest BCUT2D eigenvalue weighted by molar-refractivity contribution is 7.70. The van der Waals surface area contributed by atoms with Crippen molar-refractivity contribution in [3.05, 3.63) is 70.9 Å². The van der Waals surface area contributed by atoms with Gasteiger partial charge in [-0.1, -0.05) is 50.6 Å². The number of hydrogen-bond acceptors (Lipinski definition) is 7. The minimum atomic E-state index is -5.00. The second-order valence-corrected chi connectivity index (χ2v) is 16.1. The highest BCUT2D eigenvalue weighted by atomic mass is 31.2. The number of piperidine rings is 1. The zero-order valence-corrected chi connectivity index (χ0v) is 30.9. The first-order chi connectivity index (χ1) is 24.4. The first-order valence-electron chi connectivity index (χ1n) is 17.5. The standard InChI is InChI=1S/C37H48N5O9P/c1-19(2)14-30(41-34(44)29-16-25-15-24(10-11-28(25)39-29)37(47)52(48,49)50)36(46)42-17-26-21(4)32(26)33(42)35(45)40-27(12-13-31(38)43)22(5)51-18-23-8-6-20(3)7-9-23/h6-11,15-16,19,21-22,26-27,30,32-33,39H,12-14,17-18H2,1-5H3,(H2,38,43)(H,40,45)(H,41,44)(H2,48,49,50)/t21?,22-,26?,27+,30+,32?,33+/m1/s1. The van der Waals surface area contributed by atoms with Crippen molar-refractivity contribution >= 4 is 47.7 Å². The Morgan fingerprint density at radius 1 is 1.04 bits per heavy atom. The van der Waals surface area contributed by atoms with Gasteiger partial charge in [-0.15, -0.1) is 0 Å². The lowest BCUT2D eigenvalue weighted by Gasteiger charge is -2.34. The predicted molar refractivity (Wildman–Crippen MR) is 193 cm³/mol. The summed E-state index contributed by atoms with van der Waals surface area (Å²) >= 11 is 0. The van der Waals surface area contributed by atoms with Crippen LogP contribution in [0.5, 0.6) is 0 Å². The zero-order valence-electron chi connectivity index (χ0n) is 30.0. The fourth-order valence-electron chi connectivity index (χ4n) is 7.18. The molecule has 0 spiro atoms. The lowest BCUT2D eigenvalue weighted by atomic mass is 10.00. The highest BCUT2D eigenvalue weighted by Gasteiger charge is 2.62. The molecule has 7 N–H and O–H groups in total. The Morgan fingerprint density at radius 2 is 1.73 bits per heavy atom. The molecule has 1 aromatic heterocycles. The number of hydrogen-bond donors (Lipinski definition) is 6. The Kier molecular flexibility index (Phi) is 11.7. The third-order valence-electron chi connectivity index (χ3n) is 10.2. The average molecular weight is 738 g/mol. The molecular weight excluding hydrogens is 689 g/mol. The Labute approximate surface area is 302 Å². The third-order valence-corrected chi connectivity index (χ3v) is 11.0. The van der Waals surface area contributed by atoms with E-state index in [1.165, 1.54) is 24.3 Å². The molecule has 1 aliphatic heterocycles. The molecule has 2 fully saturated rings. The fourth-order valence-corrected chi connectivity index (χ4v) is 7.66. The fraction of sp³-hybridized carbons (Fsp3) is 0.486. The molecule has 1 saturated carbocycles. The van der Waals surface area contributed by atoms with Gasteiger partial charge in [0.05, 0.1) is 18.8 Å². The van der Waals surface area contributed by atoms with Gasteiger partial charge in [0.15, 0.2) is 0 Å². The van der Waals surface area contributed by atoms with Crippen molar-refractivity contribution in [1.29, 1.82) is 0 Å². The van der Waals surface area contributed by atoms with Gasteiger partial charge in [-0.05, 0) is 80.2 Å². The van der Waals surface area contributed by atoms with Gasteiger partial charge >= 0.3 is 7.60 Å². The number of aromatic amines is 1. The molecule has 1 aliphatic carbocycles. The number of nitrogens with zero attached hydrogens (tertiary/aromatic N) is 1. The first-order valence-corrected chi connectivity index (χ1v) is 19.2. The van der Waals surface area contributed by atoms with Crippen LogP contribution < -0.4 is 16.4 Å². The van der Waals surface area contributed by atoms with E-state index >= 15 is 0 Å². The molecule has 2 aliphatic rings. The van der Waals surface area contributed by atoms with Gasteiger partial charge in [0.2, 0.25) is 17.7 Å². The minimum absolute atomic E-state index is 0.00577. The van der Waals surface area contributed by atoms with Crippen LogP contribution in [0.4, 0.5) is 0 Å². The van der Waals surface area contributed by atoms with Gasteiger partial charge in [0.25, 0.3) is 11.4 Å². The molecule has 4 amide bonds. The van der Waals surface area contributed by atoms with E-state index in [2.05, 4.69) is 22.5 Å². The van der Waals surface area contributed by atoms with Gasteiger partial charge in [0, 0.05) is 29.4 Å². The molecule has 2 heterocycles. The van der Waals surface area contributed by atoms with Gasteiger partial charge in [-0.2, -0.15) is 0 Å². The van der Waals surface area contributed by atoms with Crippen LogP contribution in [0.1, 0.15) is 78.9 Å². The molecule has 7 atom stereocenters. The van der Waals surface area contributed by atoms with Gasteiger partial charge in [-0.25, -0.2) is 0 Å². The number of carbonyl (C=O) groups excluding carboxylic acids is 5. The number of amides is 4. The Balaban J connectivity index is 1.31. The second kappa shape index (κ2) is 15.7. The first kappa shape index (κ1) is 38.9. The Hall–Kier alpha value is -4.36. The summed E-state index contributed by atoms with van der Waals surface area (Å²) in [4.78, 5) is 88.8. The van der Waals surface area contributed by atoms with Crippen molar-refractivity contribution in [3.63, 3.8) is 0 Å². The summed E-state index contributed by atoms with van der Waals surface area (Å²) in [5, 5.41) is 6.29. The number of nitrogens with one attached hydrogen (secondary N) is 3. The minimum Gasteiger partial charge on any atom is -0.372 e. The second-order valence-electron chi connectivity index (χ2n) is 14.6. The van der Waals surface area contributed by atoms with E-state index in [1.54, 1.807) is 4.90 Å². The number of likely N-dealkylation sites (tertiary alicyclic amines) is 1. The molecule has 52 heavy (non-hydrogen) atoms. The molecule has 15 heteroatoms. The highest BCUT2D eigenvalue weighted by Crippen LogP contribution is 2.55. The molecule has 3 unspecified atom stereocenters. The lowest BCUT2D eigenvalue weighted by molar-refractivity contribution is -0.142. The van der Waals surface area contributed by atoms with E-state index in [0.717, 1.165) is 11.1 Å². The van der Waals surface area contributed by atoms with Crippen LogP contribution in [-0.4, -0.2) is 79.6 Å². The quantitative estimate of drug-likeness (QED) is 0.119. The van der Waals surface area contributed by atoms with Crippen LogP contribution in [0.15, 0.2) is 48.5 Å². The van der Waals surface area contributed by atoms with E-state index in [9.17, 15) is 38.3 Å². The summed E-state index contributed by atoms with van der Waals surface area (Å²) in [5.41, 5.74) is 6.56. The topological polar surface area (TPSA) is 221 Å². The van der Waals surface area contributed by atoms with Crippen LogP contribution in [-0.2, 0) is 30.3 Å². The van der Waals surface area contributed by atoms with Crippen LogP contribution in [0.25, 0.3) is 10.9 Å². The van der Waals surface area contributed by atoms with Crippen molar-refractivity contribution in [2.45, 2.75) is 84.7 Å². The number of nitrogens with two attached hydrogens (primary N) is 1. The Bertz CT molecular complexity index is 1890. The zero-order chi connectivity index (χ0) is 38.1. The number of benzene rings is 2. The monoisotopic (exact) mass is 737 g/mol. The van der Waals surface area contributed by atoms with E-state index in [0.29, 0.717) is 30.5 Å². The molecule has 1 saturated heterocycles. The van der Waals surface area contributed by atoms with Crippen LogP contribution in [0.2, 0.25) is 0 Å². The van der Waals surface area contributed by atoms with Crippen molar-refractivity contribution < 1.29 is 43.1 Å². The molecule has 3 aromatic rings. The smallest absolute Gasteiger partial charge is 0.372 e. The molecule has 0 bridgehead atoms. The summed E-state index contributed by atoms with van der Waals surface area (Å²) in [6.07, 6.45) is 0.118. The number of rotatable bonds is 16. The number of ether oxygens (including phenoxy) is 1. The molecule has 14 nitrogen and oxygen atoms in total. The van der Waals surface area contributed by atoms with Gasteiger partial charge < -0.3 is 40.8 Å². The van der Waals surface area contributed by atoms with E-state index < -0.39 is 49.2 Å². The number of H-pyrrole nitrogens is 1. The number of aryl methyl sites for hydroxylation is 1. The number of fused-ring (bicyclic) bond motifs is 2. The van der Waals surface area contributed by atoms with Gasteiger partial charge in [-0.3, -0.25) is 28.5 Å². The van der Waals surface area contributed by atoms with E-state index in [-0.39, 0.29) is 59.6 Å². The normalized spacial score (nSPS) is 21.3. The maximum atomic E-state index is 14.3. The molecular formula is C37H48N5O9P. The number of carbonyl (C=O) groups is 5.